The maximum Gasteiger partial charge on any atom is 0.417 e. The Morgan fingerprint density at radius 1 is 1.19 bits per heavy atom. The number of halogens is 4. The fourth-order valence-electron chi connectivity index (χ4n) is 1.61. The lowest BCUT2D eigenvalue weighted by molar-refractivity contribution is -0.137. The van der Waals surface area contributed by atoms with Crippen LogP contribution in [0.2, 0.25) is 0 Å². The Balaban J connectivity index is 2.15. The number of carbonyl (C=O) groups excluding carboxylic acids is 1. The van der Waals surface area contributed by atoms with E-state index >= 15 is 0 Å². The lowest BCUT2D eigenvalue weighted by atomic mass is 10.2. The van der Waals surface area contributed by atoms with Crippen molar-refractivity contribution >= 4 is 11.6 Å². The van der Waals surface area contributed by atoms with Crippen molar-refractivity contribution in [3.8, 4) is 0 Å². The monoisotopic (exact) mass is 298 g/mol. The molecule has 110 valence electrons. The maximum absolute atomic E-state index is 13.1. The first-order chi connectivity index (χ1) is 9.77. The van der Waals surface area contributed by atoms with Gasteiger partial charge in [-0.25, -0.2) is 4.39 Å². The number of pyridine rings is 1. The van der Waals surface area contributed by atoms with Gasteiger partial charge in [0.1, 0.15) is 11.5 Å². The van der Waals surface area contributed by atoms with Gasteiger partial charge in [-0.1, -0.05) is 0 Å². The zero-order valence-electron chi connectivity index (χ0n) is 10.8. The summed E-state index contributed by atoms with van der Waals surface area (Å²) < 4.78 is 50.2. The van der Waals surface area contributed by atoms with Crippen molar-refractivity contribution in [3.63, 3.8) is 0 Å². The first-order valence-electron chi connectivity index (χ1n) is 5.88. The van der Waals surface area contributed by atoms with Gasteiger partial charge in [0.25, 0.3) is 5.91 Å². The number of alkyl halides is 3. The Hall–Kier alpha value is -2.44. The number of hydrogen-bond donors (Lipinski definition) is 1. The summed E-state index contributed by atoms with van der Waals surface area (Å²) in [5.74, 6) is -1.09. The van der Waals surface area contributed by atoms with E-state index in [9.17, 15) is 22.4 Å². The zero-order valence-corrected chi connectivity index (χ0v) is 10.8. The summed E-state index contributed by atoms with van der Waals surface area (Å²) in [4.78, 5) is 15.3. The number of benzene rings is 1. The number of hydrogen-bond acceptors (Lipinski definition) is 2. The molecule has 1 aromatic heterocycles. The maximum atomic E-state index is 13.1. The summed E-state index contributed by atoms with van der Waals surface area (Å²) >= 11 is 0. The van der Waals surface area contributed by atoms with E-state index < -0.39 is 23.5 Å². The lowest BCUT2D eigenvalue weighted by Crippen LogP contribution is -2.15. The van der Waals surface area contributed by atoms with E-state index in [4.69, 9.17) is 0 Å². The molecule has 0 radical (unpaired) electrons. The molecule has 0 spiro atoms. The fraction of sp³-hybridized carbons (Fsp3) is 0.143. The first-order valence-corrected chi connectivity index (χ1v) is 5.88. The van der Waals surface area contributed by atoms with Gasteiger partial charge in [0, 0.05) is 11.9 Å². The molecule has 0 bridgehead atoms. The van der Waals surface area contributed by atoms with Gasteiger partial charge in [0.2, 0.25) is 0 Å². The number of nitrogens with one attached hydrogen (secondary N) is 1. The molecule has 0 fully saturated rings. The Morgan fingerprint density at radius 3 is 2.43 bits per heavy atom. The number of aromatic nitrogens is 1. The van der Waals surface area contributed by atoms with Crippen molar-refractivity contribution in [2.24, 2.45) is 0 Å². The molecule has 21 heavy (non-hydrogen) atoms. The highest BCUT2D eigenvalue weighted by Gasteiger charge is 2.30. The smallest absolute Gasteiger partial charge is 0.321 e. The van der Waals surface area contributed by atoms with Gasteiger partial charge in [0.15, 0.2) is 0 Å². The molecule has 0 aliphatic carbocycles. The van der Waals surface area contributed by atoms with Gasteiger partial charge in [-0.05, 0) is 42.8 Å². The predicted molar refractivity (Wildman–Crippen MR) is 68.3 cm³/mol. The third-order valence-corrected chi connectivity index (χ3v) is 2.74. The second kappa shape index (κ2) is 5.51. The molecule has 1 aromatic carbocycles. The van der Waals surface area contributed by atoms with Crippen molar-refractivity contribution < 1.29 is 22.4 Å². The van der Waals surface area contributed by atoms with Crippen molar-refractivity contribution in [2.45, 2.75) is 13.1 Å². The molecule has 2 rings (SSSR count). The highest BCUT2D eigenvalue weighted by Crippen LogP contribution is 2.28. The molecule has 1 amide bonds. The predicted octanol–water partition coefficient (Wildman–Crippen LogP) is 3.80. The van der Waals surface area contributed by atoms with E-state index in [0.29, 0.717) is 17.4 Å². The molecule has 0 saturated carbocycles. The van der Waals surface area contributed by atoms with Crippen molar-refractivity contribution in [1.82, 2.24) is 4.98 Å². The number of anilines is 1. The van der Waals surface area contributed by atoms with Gasteiger partial charge < -0.3 is 5.32 Å². The summed E-state index contributed by atoms with van der Waals surface area (Å²) in [6, 6.07) is 5.71. The summed E-state index contributed by atoms with van der Waals surface area (Å²) in [7, 11) is 0. The van der Waals surface area contributed by atoms with Gasteiger partial charge in [0.05, 0.1) is 5.56 Å². The minimum absolute atomic E-state index is 0.162. The molecule has 2 aromatic rings. The van der Waals surface area contributed by atoms with Gasteiger partial charge in [-0.3, -0.25) is 9.78 Å². The zero-order chi connectivity index (χ0) is 15.6. The first kappa shape index (κ1) is 15.0. The standard InChI is InChI=1S/C14H10F4N2O/c1-8-6-10(3-4-11(8)15)20-13(21)12-5-2-9(7-19-12)14(16,17)18/h2-7H,1H3,(H,20,21). The SMILES string of the molecule is Cc1cc(NC(=O)c2ccc(C(F)(F)F)cn2)ccc1F. The van der Waals surface area contributed by atoms with Crippen LogP contribution in [0.5, 0.6) is 0 Å². The van der Waals surface area contributed by atoms with Crippen LogP contribution in [0, 0.1) is 12.7 Å². The summed E-state index contributed by atoms with van der Waals surface area (Å²) in [5, 5.41) is 2.44. The van der Waals surface area contributed by atoms with E-state index in [1.54, 1.807) is 0 Å². The normalized spacial score (nSPS) is 11.3. The Labute approximate surface area is 117 Å². The molecule has 0 atom stereocenters. The Bertz CT molecular complexity index is 666. The number of carbonyl (C=O) groups is 1. The lowest BCUT2D eigenvalue weighted by Gasteiger charge is -2.08. The van der Waals surface area contributed by atoms with E-state index in [0.717, 1.165) is 12.1 Å². The minimum Gasteiger partial charge on any atom is -0.321 e. The Kier molecular flexibility index (Phi) is 3.93. The largest absolute Gasteiger partial charge is 0.417 e. The third-order valence-electron chi connectivity index (χ3n) is 2.74. The highest BCUT2D eigenvalue weighted by molar-refractivity contribution is 6.02. The quantitative estimate of drug-likeness (QED) is 0.857. The van der Waals surface area contributed by atoms with Gasteiger partial charge >= 0.3 is 6.18 Å². The van der Waals surface area contributed by atoms with Crippen LogP contribution in [-0.4, -0.2) is 10.9 Å². The van der Waals surface area contributed by atoms with Crippen molar-refractivity contribution in [2.75, 3.05) is 5.32 Å². The van der Waals surface area contributed by atoms with Crippen LogP contribution in [0.1, 0.15) is 21.6 Å². The molecule has 0 saturated heterocycles. The van der Waals surface area contributed by atoms with Crippen molar-refractivity contribution in [3.05, 3.63) is 59.2 Å². The second-order valence-electron chi connectivity index (χ2n) is 4.35. The molecule has 0 aliphatic heterocycles. The highest BCUT2D eigenvalue weighted by atomic mass is 19.4. The molecule has 1 N–H and O–H groups in total. The van der Waals surface area contributed by atoms with Gasteiger partial charge in [-0.2, -0.15) is 13.2 Å². The van der Waals surface area contributed by atoms with Crippen LogP contribution >= 0.6 is 0 Å². The fourth-order valence-corrected chi connectivity index (χ4v) is 1.61. The van der Waals surface area contributed by atoms with Crippen molar-refractivity contribution in [1.29, 1.82) is 0 Å². The van der Waals surface area contributed by atoms with E-state index in [1.165, 1.54) is 25.1 Å². The van der Waals surface area contributed by atoms with Crippen LogP contribution in [0.3, 0.4) is 0 Å². The average Bonchev–Trinajstić information content (AvgIpc) is 2.42. The van der Waals surface area contributed by atoms with E-state index in [-0.39, 0.29) is 5.69 Å². The summed E-state index contributed by atoms with van der Waals surface area (Å²) in [5.41, 5.74) is -0.421. The van der Waals surface area contributed by atoms with Crippen LogP contribution in [-0.2, 0) is 6.18 Å². The molecule has 0 unspecified atom stereocenters. The average molecular weight is 298 g/mol. The molecular weight excluding hydrogens is 288 g/mol. The van der Waals surface area contributed by atoms with Crippen LogP contribution in [0.4, 0.5) is 23.2 Å². The van der Waals surface area contributed by atoms with Gasteiger partial charge in [-0.15, -0.1) is 0 Å². The van der Waals surface area contributed by atoms with Crippen LogP contribution in [0.25, 0.3) is 0 Å². The number of rotatable bonds is 2. The van der Waals surface area contributed by atoms with Crippen LogP contribution in [0.15, 0.2) is 36.5 Å². The molecule has 1 heterocycles. The third kappa shape index (κ3) is 3.56. The summed E-state index contributed by atoms with van der Waals surface area (Å²) in [6.07, 6.45) is -3.92. The number of amides is 1. The Morgan fingerprint density at radius 2 is 1.90 bits per heavy atom. The van der Waals surface area contributed by atoms with Crippen LogP contribution < -0.4 is 5.32 Å². The molecule has 7 heteroatoms. The number of aryl methyl sites for hydroxylation is 1. The summed E-state index contributed by atoms with van der Waals surface area (Å²) in [6.45, 7) is 1.53. The van der Waals surface area contributed by atoms with E-state index in [1.807, 2.05) is 0 Å². The van der Waals surface area contributed by atoms with E-state index in [2.05, 4.69) is 10.3 Å². The second-order valence-corrected chi connectivity index (χ2v) is 4.35. The number of nitrogens with zero attached hydrogens (tertiary/aromatic N) is 1. The minimum atomic E-state index is -4.50. The molecular formula is C14H10F4N2O. The molecule has 3 nitrogen and oxygen atoms in total. The topological polar surface area (TPSA) is 42.0 Å². The molecule has 0 aliphatic rings.